The third kappa shape index (κ3) is 6.70. The Hall–Kier alpha value is -3.61. The van der Waals surface area contributed by atoms with Crippen molar-refractivity contribution in [3.63, 3.8) is 0 Å². The van der Waals surface area contributed by atoms with E-state index in [-0.39, 0.29) is 30.6 Å². The van der Waals surface area contributed by atoms with Gasteiger partial charge < -0.3 is 34.9 Å². The third-order valence-corrected chi connectivity index (χ3v) is 13.1. The number of ketones is 1. The molecular formula is C42H55F2NO9. The molecule has 3 saturated carbocycles. The minimum atomic E-state index is -2.27. The summed E-state index contributed by atoms with van der Waals surface area (Å²) in [7, 11) is 0. The monoisotopic (exact) mass is 755 g/mol. The standard InChI is InChI=1S/C42H55F2NO9/c1-5-7-9-17-51-37(49)34(45)18-25-11-13-28(14-12-25)53-38(50)52-24-36(48)42-26(19-29(54-42)10-8-6-2)20-30-31-22-33(43)32-21-27(46)15-16-39(32,3)41(31,44)35(47)23-40(30,42)4/h11-16,19,21,26-27,30-31,33-35,46-47H,5-10,17-18,20,22-24,45H2,1-4H3. The zero-order chi connectivity index (χ0) is 39.1. The van der Waals surface area contributed by atoms with Gasteiger partial charge in [0.15, 0.2) is 17.9 Å². The highest BCUT2D eigenvalue weighted by atomic mass is 19.1. The van der Waals surface area contributed by atoms with Gasteiger partial charge in [-0.2, -0.15) is 0 Å². The van der Waals surface area contributed by atoms with Crippen molar-refractivity contribution in [2.45, 2.75) is 128 Å². The molecule has 0 aromatic heterocycles. The van der Waals surface area contributed by atoms with Crippen LogP contribution < -0.4 is 10.5 Å². The second-order valence-corrected chi connectivity index (χ2v) is 16.3. The molecule has 6 rings (SSSR count). The fourth-order valence-corrected chi connectivity index (χ4v) is 10.3. The van der Waals surface area contributed by atoms with E-state index in [1.165, 1.54) is 30.4 Å². The summed E-state index contributed by atoms with van der Waals surface area (Å²) in [5.74, 6) is -2.28. The number of carbonyl (C=O) groups excluding carboxylic acids is 3. The number of allylic oxidation sites excluding steroid dienone is 3. The van der Waals surface area contributed by atoms with E-state index in [1.807, 2.05) is 19.9 Å². The molecule has 54 heavy (non-hydrogen) atoms. The molecule has 3 fully saturated rings. The van der Waals surface area contributed by atoms with Gasteiger partial charge in [-0.15, -0.1) is 0 Å². The van der Waals surface area contributed by atoms with Gasteiger partial charge in [0.1, 0.15) is 18.0 Å². The van der Waals surface area contributed by atoms with Crippen LogP contribution in [0.15, 0.2) is 59.9 Å². The summed E-state index contributed by atoms with van der Waals surface area (Å²) in [5, 5.41) is 22.1. The molecule has 10 nitrogen and oxygen atoms in total. The number of esters is 1. The summed E-state index contributed by atoms with van der Waals surface area (Å²) in [6.07, 6.45) is 6.10. The van der Waals surface area contributed by atoms with Crippen LogP contribution in [0.1, 0.15) is 91.0 Å². The van der Waals surface area contributed by atoms with Crippen LogP contribution in [-0.4, -0.2) is 77.0 Å². The molecule has 0 amide bonds. The molecule has 0 bridgehead atoms. The van der Waals surface area contributed by atoms with Crippen LogP contribution in [0.3, 0.4) is 0 Å². The fraction of sp³-hybridized carbons (Fsp3) is 0.643. The first-order valence-corrected chi connectivity index (χ1v) is 19.5. The number of hydrogen-bond donors (Lipinski definition) is 3. The lowest BCUT2D eigenvalue weighted by atomic mass is 9.44. The highest BCUT2D eigenvalue weighted by Gasteiger charge is 2.79. The van der Waals surface area contributed by atoms with Gasteiger partial charge in [-0.25, -0.2) is 13.6 Å². The lowest BCUT2D eigenvalue weighted by molar-refractivity contribution is -0.224. The number of halogens is 2. The molecular weight excluding hydrogens is 700 g/mol. The van der Waals surface area contributed by atoms with Crippen LogP contribution in [0.5, 0.6) is 5.75 Å². The van der Waals surface area contributed by atoms with E-state index >= 15 is 8.78 Å². The number of fused-ring (bicyclic) bond motifs is 7. The number of aliphatic hydroxyl groups excluding tert-OH is 2. The first-order valence-electron chi connectivity index (χ1n) is 19.5. The first kappa shape index (κ1) is 40.1. The lowest BCUT2D eigenvalue weighted by Gasteiger charge is -2.63. The van der Waals surface area contributed by atoms with Crippen LogP contribution in [0.4, 0.5) is 13.6 Å². The van der Waals surface area contributed by atoms with Gasteiger partial charge in [0.2, 0.25) is 5.78 Å². The lowest BCUT2D eigenvalue weighted by Crippen LogP contribution is -2.70. The first-order chi connectivity index (χ1) is 25.6. The van der Waals surface area contributed by atoms with E-state index in [4.69, 9.17) is 24.7 Å². The van der Waals surface area contributed by atoms with E-state index in [0.717, 1.165) is 37.7 Å². The Bertz CT molecular complexity index is 1680. The fourth-order valence-electron chi connectivity index (χ4n) is 10.3. The van der Waals surface area contributed by atoms with Crippen molar-refractivity contribution in [1.82, 2.24) is 0 Å². The highest BCUT2D eigenvalue weighted by Crippen LogP contribution is 2.73. The topological polar surface area (TPSA) is 155 Å². The van der Waals surface area contributed by atoms with E-state index in [9.17, 15) is 24.6 Å². The Balaban J connectivity index is 1.16. The number of hydrogen-bond acceptors (Lipinski definition) is 10. The van der Waals surface area contributed by atoms with Gasteiger partial charge in [-0.3, -0.25) is 9.59 Å². The quantitative estimate of drug-likeness (QED) is 0.0824. The Labute approximate surface area is 316 Å². The molecule has 11 unspecified atom stereocenters. The number of benzene rings is 1. The second kappa shape index (κ2) is 15.5. The molecule has 1 aromatic rings. The molecule has 4 N–H and O–H groups in total. The summed E-state index contributed by atoms with van der Waals surface area (Å²) < 4.78 is 56.4. The van der Waals surface area contributed by atoms with E-state index in [1.54, 1.807) is 19.1 Å². The summed E-state index contributed by atoms with van der Waals surface area (Å²) in [6.45, 7) is 7.12. The average molecular weight is 756 g/mol. The molecule has 0 saturated heterocycles. The van der Waals surface area contributed by atoms with Gasteiger partial charge in [0, 0.05) is 29.1 Å². The van der Waals surface area contributed by atoms with Crippen molar-refractivity contribution in [1.29, 1.82) is 0 Å². The van der Waals surface area contributed by atoms with Gasteiger partial charge in [-0.05, 0) is 86.8 Å². The largest absolute Gasteiger partial charge is 0.514 e. The molecule has 12 heteroatoms. The van der Waals surface area contributed by atoms with Gasteiger partial charge in [-0.1, -0.05) is 64.3 Å². The van der Waals surface area contributed by atoms with Crippen LogP contribution in [-0.2, 0) is 30.2 Å². The highest BCUT2D eigenvalue weighted by molar-refractivity contribution is 5.92. The Kier molecular flexibility index (Phi) is 11.5. The Morgan fingerprint density at radius 1 is 1.00 bits per heavy atom. The molecule has 5 aliphatic rings. The molecule has 1 heterocycles. The number of nitrogens with two attached hydrogens (primary N) is 1. The average Bonchev–Trinajstić information content (AvgIpc) is 3.63. The van der Waals surface area contributed by atoms with Crippen LogP contribution >= 0.6 is 0 Å². The van der Waals surface area contributed by atoms with Gasteiger partial charge in [0.05, 0.1) is 24.6 Å². The Morgan fingerprint density at radius 2 is 1.72 bits per heavy atom. The van der Waals surface area contributed by atoms with Crippen molar-refractivity contribution < 1.29 is 52.3 Å². The van der Waals surface area contributed by atoms with Crippen molar-refractivity contribution in [2.24, 2.45) is 34.3 Å². The predicted octanol–water partition coefficient (Wildman–Crippen LogP) is 6.55. The van der Waals surface area contributed by atoms with E-state index in [0.29, 0.717) is 25.2 Å². The van der Waals surface area contributed by atoms with Crippen molar-refractivity contribution in [2.75, 3.05) is 13.2 Å². The summed E-state index contributed by atoms with van der Waals surface area (Å²) >= 11 is 0. The number of Topliss-reactive ketones (excluding diaryl/α,β-unsaturated/α-hetero) is 1. The minimum absolute atomic E-state index is 0.129. The number of aliphatic hydroxyl groups is 2. The molecule has 1 aromatic carbocycles. The van der Waals surface area contributed by atoms with Crippen molar-refractivity contribution >= 4 is 17.9 Å². The smallest absolute Gasteiger partial charge is 0.483 e. The summed E-state index contributed by atoms with van der Waals surface area (Å²) in [4.78, 5) is 39.6. The second-order valence-electron chi connectivity index (χ2n) is 16.3. The zero-order valence-electron chi connectivity index (χ0n) is 31.7. The number of carbonyl (C=O) groups is 3. The molecule has 0 radical (unpaired) electrons. The summed E-state index contributed by atoms with van der Waals surface area (Å²) in [5.41, 5.74) is 0.396. The van der Waals surface area contributed by atoms with Gasteiger partial charge in [0.25, 0.3) is 0 Å². The molecule has 11 atom stereocenters. The van der Waals surface area contributed by atoms with Crippen molar-refractivity contribution in [3.8, 4) is 5.75 Å². The minimum Gasteiger partial charge on any atom is -0.483 e. The van der Waals surface area contributed by atoms with E-state index in [2.05, 4.69) is 6.92 Å². The maximum absolute atomic E-state index is 17.8. The molecule has 0 spiro atoms. The molecule has 1 aliphatic heterocycles. The van der Waals surface area contributed by atoms with E-state index < -0.39 is 88.8 Å². The number of ether oxygens (including phenoxy) is 4. The predicted molar refractivity (Wildman–Crippen MR) is 196 cm³/mol. The Morgan fingerprint density at radius 3 is 2.43 bits per heavy atom. The van der Waals surface area contributed by atoms with Crippen LogP contribution in [0.2, 0.25) is 0 Å². The number of rotatable bonds is 14. The molecule has 4 aliphatic carbocycles. The maximum Gasteiger partial charge on any atom is 0.514 e. The SMILES string of the molecule is CCCCCOC(=O)C(N)Cc1ccc(OC(=O)OCC(=O)C23OC(CCCC)=CC2CC2C4CC(F)C5=CC(O)C=CC5(C)C4(F)C(O)CC23C)cc1. The molecule has 296 valence electrons. The number of alkyl halides is 2. The third-order valence-electron chi connectivity index (χ3n) is 13.1. The normalized spacial score (nSPS) is 36.7. The zero-order valence-corrected chi connectivity index (χ0v) is 31.7. The van der Waals surface area contributed by atoms with Crippen LogP contribution in [0.25, 0.3) is 0 Å². The summed E-state index contributed by atoms with van der Waals surface area (Å²) in [6, 6.07) is 5.53. The van der Waals surface area contributed by atoms with Crippen LogP contribution in [0, 0.1) is 28.6 Å². The number of unbranched alkanes of at least 4 members (excludes halogenated alkanes) is 3. The van der Waals surface area contributed by atoms with Crippen molar-refractivity contribution in [3.05, 3.63) is 65.5 Å². The maximum atomic E-state index is 17.8. The van der Waals surface area contributed by atoms with Gasteiger partial charge >= 0.3 is 12.1 Å².